The Labute approximate surface area is 140 Å². The van der Waals surface area contributed by atoms with Gasteiger partial charge in [0.1, 0.15) is 10.8 Å². The molecule has 108 valence electrons. The number of carbonyl (C=O) groups is 1. The van der Waals surface area contributed by atoms with Crippen LogP contribution in [-0.4, -0.2) is 15.8 Å². The zero-order chi connectivity index (χ0) is 15.6. The number of hydrogen-bond acceptors (Lipinski definition) is 4. The quantitative estimate of drug-likeness (QED) is 0.439. The van der Waals surface area contributed by atoms with Crippen molar-refractivity contribution in [2.24, 2.45) is 0 Å². The van der Waals surface area contributed by atoms with E-state index in [4.69, 9.17) is 11.6 Å². The lowest BCUT2D eigenvalue weighted by molar-refractivity contribution is -0.384. The number of pyridine rings is 1. The number of carbonyl (C=O) groups excluding carboxylic acids is 1. The molecule has 0 saturated carbocycles. The van der Waals surface area contributed by atoms with E-state index in [0.717, 1.165) is 0 Å². The summed E-state index contributed by atoms with van der Waals surface area (Å²) in [5.74, 6) is -0.584. The summed E-state index contributed by atoms with van der Waals surface area (Å²) in [6.07, 6.45) is 1.45. The monoisotopic (exact) mass is 433 g/mol. The van der Waals surface area contributed by atoms with Gasteiger partial charge in [-0.1, -0.05) is 27.5 Å². The van der Waals surface area contributed by atoms with Crippen LogP contribution in [0.2, 0.25) is 5.15 Å². The molecule has 2 aromatic rings. The number of anilines is 1. The topological polar surface area (TPSA) is 85.1 Å². The first-order valence-electron chi connectivity index (χ1n) is 5.45. The molecule has 0 aliphatic heterocycles. The van der Waals surface area contributed by atoms with E-state index in [2.05, 4.69) is 42.2 Å². The average molecular weight is 435 g/mol. The molecule has 0 atom stereocenters. The van der Waals surface area contributed by atoms with Gasteiger partial charge in [0.05, 0.1) is 10.5 Å². The van der Waals surface area contributed by atoms with Gasteiger partial charge in [-0.3, -0.25) is 14.9 Å². The standard InChI is InChI=1S/C12H6Br2ClN3O3/c13-6-1-2-9(10(4-6)18(20)21)17-12(19)8-3-7(14)5-16-11(8)15/h1-5H,(H,17,19). The lowest BCUT2D eigenvalue weighted by Gasteiger charge is -2.07. The Morgan fingerprint density at radius 1 is 1.29 bits per heavy atom. The van der Waals surface area contributed by atoms with Crippen molar-refractivity contribution in [3.63, 3.8) is 0 Å². The van der Waals surface area contributed by atoms with Crippen LogP contribution in [-0.2, 0) is 0 Å². The number of nitrogens with one attached hydrogen (secondary N) is 1. The van der Waals surface area contributed by atoms with E-state index in [-0.39, 0.29) is 22.1 Å². The first kappa shape index (κ1) is 15.9. The maximum absolute atomic E-state index is 12.2. The van der Waals surface area contributed by atoms with E-state index in [9.17, 15) is 14.9 Å². The molecule has 21 heavy (non-hydrogen) atoms. The normalized spacial score (nSPS) is 10.2. The molecule has 1 aromatic heterocycles. The van der Waals surface area contributed by atoms with Crippen molar-refractivity contribution in [1.82, 2.24) is 4.98 Å². The fourth-order valence-electron chi connectivity index (χ4n) is 1.53. The largest absolute Gasteiger partial charge is 0.316 e. The first-order chi connectivity index (χ1) is 9.88. The van der Waals surface area contributed by atoms with E-state index in [1.165, 1.54) is 24.4 Å². The Bertz CT molecular complexity index is 740. The van der Waals surface area contributed by atoms with Crippen LogP contribution in [0.1, 0.15) is 10.4 Å². The highest BCUT2D eigenvalue weighted by atomic mass is 79.9. The SMILES string of the molecule is O=C(Nc1ccc(Br)cc1[N+](=O)[O-])c1cc(Br)cnc1Cl. The van der Waals surface area contributed by atoms with Crippen LogP contribution in [0.5, 0.6) is 0 Å². The van der Waals surface area contributed by atoms with Crippen LogP contribution < -0.4 is 5.32 Å². The predicted octanol–water partition coefficient (Wildman–Crippen LogP) is 4.42. The molecule has 1 amide bonds. The molecule has 0 radical (unpaired) electrons. The zero-order valence-electron chi connectivity index (χ0n) is 10.1. The minimum Gasteiger partial charge on any atom is -0.316 e. The minimum atomic E-state index is -0.584. The van der Waals surface area contributed by atoms with E-state index >= 15 is 0 Å². The first-order valence-corrected chi connectivity index (χ1v) is 7.41. The number of benzene rings is 1. The van der Waals surface area contributed by atoms with Crippen molar-refractivity contribution in [3.8, 4) is 0 Å². The van der Waals surface area contributed by atoms with Gasteiger partial charge in [-0.15, -0.1) is 0 Å². The van der Waals surface area contributed by atoms with E-state index in [1.807, 2.05) is 0 Å². The summed E-state index contributed by atoms with van der Waals surface area (Å²) in [4.78, 5) is 26.4. The molecule has 1 N–H and O–H groups in total. The number of nitro groups is 1. The van der Waals surface area contributed by atoms with Gasteiger partial charge in [-0.25, -0.2) is 4.98 Å². The third kappa shape index (κ3) is 3.78. The fraction of sp³-hybridized carbons (Fsp3) is 0. The Hall–Kier alpha value is -1.51. The van der Waals surface area contributed by atoms with Crippen LogP contribution in [0, 0.1) is 10.1 Å². The Kier molecular flexibility index (Phi) is 4.92. The summed E-state index contributed by atoms with van der Waals surface area (Å²) in [7, 11) is 0. The van der Waals surface area contributed by atoms with Gasteiger partial charge in [0, 0.05) is 21.2 Å². The van der Waals surface area contributed by atoms with Crippen molar-refractivity contribution >= 4 is 60.7 Å². The number of nitro benzene ring substituents is 1. The van der Waals surface area contributed by atoms with Gasteiger partial charge in [-0.05, 0) is 34.1 Å². The van der Waals surface area contributed by atoms with Crippen molar-refractivity contribution < 1.29 is 9.72 Å². The summed E-state index contributed by atoms with van der Waals surface area (Å²) in [5, 5.41) is 13.5. The highest BCUT2D eigenvalue weighted by molar-refractivity contribution is 9.10. The summed E-state index contributed by atoms with van der Waals surface area (Å²) < 4.78 is 1.11. The molecule has 0 fully saturated rings. The molecular weight excluding hydrogens is 429 g/mol. The van der Waals surface area contributed by atoms with E-state index in [1.54, 1.807) is 6.07 Å². The molecule has 0 bridgehead atoms. The van der Waals surface area contributed by atoms with Crippen molar-refractivity contribution in [1.29, 1.82) is 0 Å². The van der Waals surface area contributed by atoms with Gasteiger partial charge in [0.25, 0.3) is 11.6 Å². The molecule has 0 unspecified atom stereocenters. The molecule has 1 aromatic carbocycles. The second-order valence-electron chi connectivity index (χ2n) is 3.86. The number of halogens is 3. The van der Waals surface area contributed by atoms with Crippen LogP contribution in [0.25, 0.3) is 0 Å². The molecule has 1 heterocycles. The number of hydrogen-bond donors (Lipinski definition) is 1. The third-order valence-electron chi connectivity index (χ3n) is 2.46. The molecular formula is C12H6Br2ClN3O3. The number of nitrogens with zero attached hydrogens (tertiary/aromatic N) is 2. The Morgan fingerprint density at radius 3 is 2.67 bits per heavy atom. The summed E-state index contributed by atoms with van der Waals surface area (Å²) in [6, 6.07) is 5.80. The van der Waals surface area contributed by atoms with Crippen LogP contribution >= 0.6 is 43.5 Å². The number of amides is 1. The van der Waals surface area contributed by atoms with Gasteiger partial charge in [0.2, 0.25) is 0 Å². The van der Waals surface area contributed by atoms with Crippen molar-refractivity contribution in [3.05, 3.63) is 60.2 Å². The second kappa shape index (κ2) is 6.50. The molecule has 0 spiro atoms. The number of aromatic nitrogens is 1. The van der Waals surface area contributed by atoms with Gasteiger partial charge < -0.3 is 5.32 Å². The molecule has 0 aliphatic rings. The van der Waals surface area contributed by atoms with Gasteiger partial charge in [0.15, 0.2) is 0 Å². The third-order valence-corrected chi connectivity index (χ3v) is 3.68. The van der Waals surface area contributed by atoms with E-state index in [0.29, 0.717) is 8.95 Å². The zero-order valence-corrected chi connectivity index (χ0v) is 14.1. The average Bonchev–Trinajstić information content (AvgIpc) is 2.43. The van der Waals surface area contributed by atoms with Gasteiger partial charge >= 0.3 is 0 Å². The lowest BCUT2D eigenvalue weighted by atomic mass is 10.2. The highest BCUT2D eigenvalue weighted by Crippen LogP contribution is 2.29. The second-order valence-corrected chi connectivity index (χ2v) is 6.05. The Morgan fingerprint density at radius 2 is 2.00 bits per heavy atom. The van der Waals surface area contributed by atoms with Crippen molar-refractivity contribution in [2.45, 2.75) is 0 Å². The maximum Gasteiger partial charge on any atom is 0.293 e. The van der Waals surface area contributed by atoms with Gasteiger partial charge in [-0.2, -0.15) is 0 Å². The molecule has 0 aliphatic carbocycles. The smallest absolute Gasteiger partial charge is 0.293 e. The summed E-state index contributed by atoms with van der Waals surface area (Å²) in [5.41, 5.74) is -0.0377. The molecule has 9 heteroatoms. The van der Waals surface area contributed by atoms with Crippen molar-refractivity contribution in [2.75, 3.05) is 5.32 Å². The van der Waals surface area contributed by atoms with Crippen LogP contribution in [0.4, 0.5) is 11.4 Å². The maximum atomic E-state index is 12.2. The van der Waals surface area contributed by atoms with Crippen LogP contribution in [0.15, 0.2) is 39.4 Å². The molecule has 6 nitrogen and oxygen atoms in total. The Balaban J connectivity index is 2.36. The minimum absolute atomic E-state index is 0.00969. The molecule has 2 rings (SSSR count). The highest BCUT2D eigenvalue weighted by Gasteiger charge is 2.19. The summed E-state index contributed by atoms with van der Waals surface area (Å²) >= 11 is 12.2. The number of rotatable bonds is 3. The fourth-order valence-corrected chi connectivity index (χ4v) is 2.40. The molecule has 0 saturated heterocycles. The lowest BCUT2D eigenvalue weighted by Crippen LogP contribution is -2.14. The van der Waals surface area contributed by atoms with Crippen LogP contribution in [0.3, 0.4) is 0 Å². The predicted molar refractivity (Wildman–Crippen MR) is 85.7 cm³/mol. The summed E-state index contributed by atoms with van der Waals surface area (Å²) in [6.45, 7) is 0. The van der Waals surface area contributed by atoms with E-state index < -0.39 is 10.8 Å².